The van der Waals surface area contributed by atoms with Crippen LogP contribution in [0.3, 0.4) is 0 Å². The molecule has 1 saturated heterocycles. The van der Waals surface area contributed by atoms with Gasteiger partial charge in [0, 0.05) is 33.1 Å². The highest BCUT2D eigenvalue weighted by atomic mass is 32.1. The smallest absolute Gasteiger partial charge is 0.230 e. The van der Waals surface area contributed by atoms with E-state index in [4.69, 9.17) is 0 Å². The number of benzene rings is 1. The maximum absolute atomic E-state index is 13.3. The maximum atomic E-state index is 13.3. The zero-order valence-corrected chi connectivity index (χ0v) is 18.7. The highest BCUT2D eigenvalue weighted by molar-refractivity contribution is 7.08. The summed E-state index contributed by atoms with van der Waals surface area (Å²) in [6.45, 7) is 1.26. The number of carbonyl (C=O) groups is 2. The van der Waals surface area contributed by atoms with E-state index in [1.165, 1.54) is 36.0 Å². The van der Waals surface area contributed by atoms with E-state index in [2.05, 4.69) is 41.1 Å². The number of thiophene rings is 1. The van der Waals surface area contributed by atoms with Crippen LogP contribution in [-0.4, -0.2) is 48.8 Å². The molecule has 2 saturated carbocycles. The molecule has 2 aliphatic carbocycles. The number of hydrogen-bond donors (Lipinski definition) is 0. The van der Waals surface area contributed by atoms with E-state index in [1.807, 2.05) is 19.0 Å². The summed E-state index contributed by atoms with van der Waals surface area (Å²) in [5, 5.41) is 4.24. The van der Waals surface area contributed by atoms with Crippen molar-refractivity contribution in [2.75, 3.05) is 27.2 Å². The molecule has 158 valence electrons. The lowest BCUT2D eigenvalue weighted by Gasteiger charge is -2.32. The molecule has 1 aliphatic heterocycles. The average molecular weight is 423 g/mol. The summed E-state index contributed by atoms with van der Waals surface area (Å²) in [5.74, 6) is 0.672. The van der Waals surface area contributed by atoms with Gasteiger partial charge in [0.1, 0.15) is 0 Å². The number of carbonyl (C=O) groups excluding carboxylic acids is 2. The molecule has 2 heterocycles. The Hall–Kier alpha value is -2.14. The molecule has 1 aromatic heterocycles. The Kier molecular flexibility index (Phi) is 4.77. The second kappa shape index (κ2) is 7.23. The van der Waals surface area contributed by atoms with Crippen LogP contribution in [-0.2, 0) is 16.0 Å². The summed E-state index contributed by atoms with van der Waals surface area (Å²) < 4.78 is 0. The molecular weight excluding hydrogens is 392 g/mol. The van der Waals surface area contributed by atoms with Crippen molar-refractivity contribution in [3.05, 3.63) is 46.7 Å². The van der Waals surface area contributed by atoms with Crippen molar-refractivity contribution in [1.82, 2.24) is 9.80 Å². The Balaban J connectivity index is 1.33. The molecule has 1 spiro atoms. The molecule has 0 unspecified atom stereocenters. The van der Waals surface area contributed by atoms with Gasteiger partial charge >= 0.3 is 0 Å². The van der Waals surface area contributed by atoms with Crippen molar-refractivity contribution in [2.24, 2.45) is 16.7 Å². The fourth-order valence-corrected chi connectivity index (χ4v) is 6.33. The van der Waals surface area contributed by atoms with Gasteiger partial charge in [-0.25, -0.2) is 0 Å². The molecule has 2 amide bonds. The minimum Gasteiger partial charge on any atom is -0.348 e. The Labute approximate surface area is 182 Å². The van der Waals surface area contributed by atoms with Crippen molar-refractivity contribution in [2.45, 2.75) is 38.5 Å². The van der Waals surface area contributed by atoms with Crippen LogP contribution in [0.4, 0.5) is 0 Å². The second-order valence-electron chi connectivity index (χ2n) is 9.85. The number of likely N-dealkylation sites (tertiary alicyclic amines) is 1. The van der Waals surface area contributed by atoms with Crippen molar-refractivity contribution in [1.29, 1.82) is 0 Å². The molecule has 0 radical (unpaired) electrons. The van der Waals surface area contributed by atoms with Crippen LogP contribution in [0.2, 0.25) is 0 Å². The van der Waals surface area contributed by atoms with Crippen LogP contribution in [0.5, 0.6) is 0 Å². The summed E-state index contributed by atoms with van der Waals surface area (Å²) in [4.78, 5) is 30.1. The zero-order valence-electron chi connectivity index (χ0n) is 17.9. The monoisotopic (exact) mass is 422 g/mol. The summed E-state index contributed by atoms with van der Waals surface area (Å²) in [6, 6.07) is 10.7. The maximum Gasteiger partial charge on any atom is 0.230 e. The van der Waals surface area contributed by atoms with Crippen LogP contribution in [0, 0.1) is 16.7 Å². The standard InChI is InChI=1S/C25H30N2O2S/c1-26(2)23(29)25(14-18-4-6-19(7-5-18)20-8-13-30-16-20)11-12-27(17-25)22(28)21-15-24(21)9-3-10-24/h4-8,13,16,21H,3,9-12,14-15,17H2,1-2H3/t21-,25-/m0/s1. The predicted octanol–water partition coefficient (Wildman–Crippen LogP) is 4.45. The Morgan fingerprint density at radius 3 is 2.43 bits per heavy atom. The molecule has 5 rings (SSSR count). The topological polar surface area (TPSA) is 40.6 Å². The van der Waals surface area contributed by atoms with Crippen LogP contribution in [0.15, 0.2) is 41.1 Å². The first kappa shape index (κ1) is 19.8. The number of rotatable bonds is 5. The minimum atomic E-state index is -0.509. The lowest BCUT2D eigenvalue weighted by Crippen LogP contribution is -2.45. The first-order valence-corrected chi connectivity index (χ1v) is 12.0. The first-order chi connectivity index (χ1) is 14.4. The van der Waals surface area contributed by atoms with Crippen molar-refractivity contribution in [3.8, 4) is 11.1 Å². The highest BCUT2D eigenvalue weighted by Gasteiger charge is 2.62. The second-order valence-corrected chi connectivity index (χ2v) is 10.6. The molecule has 0 N–H and O–H groups in total. The molecular formula is C25H30N2O2S. The molecule has 3 fully saturated rings. The van der Waals surface area contributed by atoms with Crippen LogP contribution >= 0.6 is 11.3 Å². The number of nitrogens with zero attached hydrogens (tertiary/aromatic N) is 2. The molecule has 30 heavy (non-hydrogen) atoms. The van der Waals surface area contributed by atoms with E-state index in [0.717, 1.165) is 12.8 Å². The molecule has 4 nitrogen and oxygen atoms in total. The van der Waals surface area contributed by atoms with E-state index >= 15 is 0 Å². The third kappa shape index (κ3) is 3.27. The molecule has 2 aromatic rings. The lowest BCUT2D eigenvalue weighted by molar-refractivity contribution is -0.140. The van der Waals surface area contributed by atoms with Gasteiger partial charge in [0.25, 0.3) is 0 Å². The van der Waals surface area contributed by atoms with Gasteiger partial charge in [-0.15, -0.1) is 0 Å². The van der Waals surface area contributed by atoms with Crippen molar-refractivity contribution in [3.63, 3.8) is 0 Å². The van der Waals surface area contributed by atoms with E-state index in [-0.39, 0.29) is 11.8 Å². The number of hydrogen-bond acceptors (Lipinski definition) is 3. The molecule has 3 aliphatic rings. The third-order valence-corrected chi connectivity index (χ3v) is 8.40. The third-order valence-electron chi connectivity index (χ3n) is 7.71. The van der Waals surface area contributed by atoms with Gasteiger partial charge in [-0.1, -0.05) is 30.7 Å². The van der Waals surface area contributed by atoms with Gasteiger partial charge in [-0.05, 0) is 71.0 Å². The van der Waals surface area contributed by atoms with E-state index < -0.39 is 5.41 Å². The van der Waals surface area contributed by atoms with Gasteiger partial charge in [0.05, 0.1) is 5.41 Å². The SMILES string of the molecule is CN(C)C(=O)[C@]1(Cc2ccc(-c3ccsc3)cc2)CCN(C(=O)[C@@H]2CC23CCC3)C1. The van der Waals surface area contributed by atoms with Gasteiger partial charge in [0.15, 0.2) is 0 Å². The normalized spacial score (nSPS) is 26.5. The van der Waals surface area contributed by atoms with Crippen LogP contribution < -0.4 is 0 Å². The van der Waals surface area contributed by atoms with Gasteiger partial charge in [-0.3, -0.25) is 9.59 Å². The van der Waals surface area contributed by atoms with E-state index in [0.29, 0.717) is 30.8 Å². The van der Waals surface area contributed by atoms with Crippen LogP contribution in [0.25, 0.3) is 11.1 Å². The van der Waals surface area contributed by atoms with E-state index in [9.17, 15) is 9.59 Å². The summed E-state index contributed by atoms with van der Waals surface area (Å²) in [5.41, 5.74) is 3.43. The number of amides is 2. The van der Waals surface area contributed by atoms with Crippen LogP contribution in [0.1, 0.15) is 37.7 Å². The van der Waals surface area contributed by atoms with Gasteiger partial charge < -0.3 is 9.80 Å². The van der Waals surface area contributed by atoms with Gasteiger partial charge in [-0.2, -0.15) is 11.3 Å². The highest BCUT2D eigenvalue weighted by Crippen LogP contribution is 2.66. The van der Waals surface area contributed by atoms with Gasteiger partial charge in [0.2, 0.25) is 11.8 Å². The Morgan fingerprint density at radius 2 is 1.87 bits per heavy atom. The fraction of sp³-hybridized carbons (Fsp3) is 0.520. The molecule has 1 aromatic carbocycles. The fourth-order valence-electron chi connectivity index (χ4n) is 5.66. The minimum absolute atomic E-state index is 0.147. The summed E-state index contributed by atoms with van der Waals surface area (Å²) in [6.07, 6.45) is 6.22. The molecule has 5 heteroatoms. The van der Waals surface area contributed by atoms with Crippen molar-refractivity contribution >= 4 is 23.2 Å². The van der Waals surface area contributed by atoms with E-state index in [1.54, 1.807) is 16.2 Å². The molecule has 2 atom stereocenters. The largest absolute Gasteiger partial charge is 0.348 e. The first-order valence-electron chi connectivity index (χ1n) is 11.0. The average Bonchev–Trinajstić information content (AvgIpc) is 3.05. The lowest BCUT2D eigenvalue weighted by atomic mass is 9.79. The summed E-state index contributed by atoms with van der Waals surface area (Å²) >= 11 is 1.70. The quantitative estimate of drug-likeness (QED) is 0.714. The van der Waals surface area contributed by atoms with Crippen molar-refractivity contribution < 1.29 is 9.59 Å². The Bertz CT molecular complexity index is 946. The Morgan fingerprint density at radius 1 is 1.10 bits per heavy atom. The zero-order chi connectivity index (χ0) is 20.9. The molecule has 0 bridgehead atoms. The predicted molar refractivity (Wildman–Crippen MR) is 120 cm³/mol. The summed E-state index contributed by atoms with van der Waals surface area (Å²) in [7, 11) is 3.66.